The summed E-state index contributed by atoms with van der Waals surface area (Å²) in [7, 11) is 0. The lowest BCUT2D eigenvalue weighted by molar-refractivity contribution is 0.240. The third kappa shape index (κ3) is 7.11. The van der Waals surface area contributed by atoms with Crippen LogP contribution in [-0.2, 0) is 19.4 Å². The highest BCUT2D eigenvalue weighted by atomic mass is 16.3. The van der Waals surface area contributed by atoms with Crippen LogP contribution in [0.5, 0.6) is 5.75 Å². The van der Waals surface area contributed by atoms with Crippen LogP contribution in [0.25, 0.3) is 11.3 Å². The van der Waals surface area contributed by atoms with Gasteiger partial charge >= 0.3 is 0 Å². The van der Waals surface area contributed by atoms with E-state index in [2.05, 4.69) is 46.4 Å². The molecule has 0 aliphatic carbocycles. The van der Waals surface area contributed by atoms with Gasteiger partial charge in [-0.3, -0.25) is 4.90 Å². The number of hydrogen-bond acceptors (Lipinski definition) is 5. The van der Waals surface area contributed by atoms with Crippen molar-refractivity contribution in [3.63, 3.8) is 0 Å². The molecule has 0 radical (unpaired) electrons. The Morgan fingerprint density at radius 3 is 2.67 bits per heavy atom. The minimum Gasteiger partial charge on any atom is -0.508 e. The predicted octanol–water partition coefficient (Wildman–Crippen LogP) is 4.85. The number of phenolic OH excluding ortho intramolecular Hbond substituents is 1. The van der Waals surface area contributed by atoms with Crippen LogP contribution in [0.2, 0.25) is 0 Å². The lowest BCUT2D eigenvalue weighted by atomic mass is 10.1. The number of rotatable bonds is 11. The number of unbranched alkanes of at least 4 members (excludes halogenated alkanes) is 1. The molecule has 3 aromatic rings. The first-order valence-corrected chi connectivity index (χ1v) is 12.3. The number of aryl methyl sites for hydroxylation is 2. The van der Waals surface area contributed by atoms with Crippen LogP contribution in [0.1, 0.15) is 43.1 Å². The monoisotopic (exact) mass is 444 g/mol. The summed E-state index contributed by atoms with van der Waals surface area (Å²) < 4.78 is 0. The van der Waals surface area contributed by atoms with Crippen LogP contribution in [0.15, 0.2) is 60.8 Å². The van der Waals surface area contributed by atoms with Gasteiger partial charge in [0.2, 0.25) is 0 Å². The lowest BCUT2D eigenvalue weighted by Crippen LogP contribution is -2.30. The summed E-state index contributed by atoms with van der Waals surface area (Å²) in [6, 6.07) is 18.3. The van der Waals surface area contributed by atoms with Crippen molar-refractivity contribution in [2.45, 2.75) is 45.6 Å². The fraction of sp³-hybridized carbons (Fsp3) is 0.429. The number of phenols is 1. The van der Waals surface area contributed by atoms with Crippen LogP contribution >= 0.6 is 0 Å². The molecule has 5 nitrogen and oxygen atoms in total. The van der Waals surface area contributed by atoms with E-state index in [9.17, 15) is 5.11 Å². The second-order valence-corrected chi connectivity index (χ2v) is 9.12. The Kier molecular flexibility index (Phi) is 8.45. The summed E-state index contributed by atoms with van der Waals surface area (Å²) in [5, 5.41) is 12.9. The van der Waals surface area contributed by atoms with Crippen molar-refractivity contribution in [2.75, 3.05) is 26.2 Å². The van der Waals surface area contributed by atoms with Crippen molar-refractivity contribution >= 4 is 0 Å². The molecule has 33 heavy (non-hydrogen) atoms. The SMILES string of the molecule is CCN(Cc1cccc(-c2ccnc(CCCCc3ccc(O)cc3)n2)c1)C[C@@H]1CCNC1. The van der Waals surface area contributed by atoms with E-state index in [1.807, 2.05) is 24.4 Å². The first kappa shape index (κ1) is 23.4. The van der Waals surface area contributed by atoms with Gasteiger partial charge in [0.25, 0.3) is 0 Å². The maximum atomic E-state index is 9.41. The van der Waals surface area contributed by atoms with Gasteiger partial charge in [0.05, 0.1) is 5.69 Å². The van der Waals surface area contributed by atoms with Crippen LogP contribution < -0.4 is 5.32 Å². The minimum absolute atomic E-state index is 0.321. The Morgan fingerprint density at radius 2 is 1.88 bits per heavy atom. The molecule has 0 unspecified atom stereocenters. The van der Waals surface area contributed by atoms with E-state index in [1.165, 1.54) is 23.1 Å². The molecule has 2 aromatic carbocycles. The van der Waals surface area contributed by atoms with Gasteiger partial charge in [0.1, 0.15) is 11.6 Å². The average molecular weight is 445 g/mol. The minimum atomic E-state index is 0.321. The highest BCUT2D eigenvalue weighted by Gasteiger charge is 2.17. The number of nitrogens with zero attached hydrogens (tertiary/aromatic N) is 3. The third-order valence-electron chi connectivity index (χ3n) is 6.51. The molecule has 1 atom stereocenters. The molecular weight excluding hydrogens is 408 g/mol. The van der Waals surface area contributed by atoms with Gasteiger partial charge in [-0.05, 0) is 86.6 Å². The maximum Gasteiger partial charge on any atom is 0.128 e. The highest BCUT2D eigenvalue weighted by molar-refractivity contribution is 5.59. The summed E-state index contributed by atoms with van der Waals surface area (Å²) in [5.41, 5.74) is 4.77. The van der Waals surface area contributed by atoms with E-state index in [0.717, 1.165) is 75.8 Å². The Bertz CT molecular complexity index is 999. The third-order valence-corrected chi connectivity index (χ3v) is 6.51. The van der Waals surface area contributed by atoms with E-state index >= 15 is 0 Å². The molecule has 0 saturated carbocycles. The summed E-state index contributed by atoms with van der Waals surface area (Å²) in [4.78, 5) is 11.9. The molecule has 2 N–H and O–H groups in total. The fourth-order valence-corrected chi connectivity index (χ4v) is 4.58. The molecule has 4 rings (SSSR count). The van der Waals surface area contributed by atoms with Crippen LogP contribution in [-0.4, -0.2) is 46.2 Å². The van der Waals surface area contributed by atoms with E-state index in [0.29, 0.717) is 5.75 Å². The summed E-state index contributed by atoms with van der Waals surface area (Å²) in [6.07, 6.45) is 7.19. The molecule has 0 bridgehead atoms. The quantitative estimate of drug-likeness (QED) is 0.414. The Hall–Kier alpha value is -2.76. The predicted molar refractivity (Wildman–Crippen MR) is 134 cm³/mol. The first-order chi connectivity index (χ1) is 16.2. The Balaban J connectivity index is 1.32. The van der Waals surface area contributed by atoms with Crippen molar-refractivity contribution in [3.05, 3.63) is 77.7 Å². The van der Waals surface area contributed by atoms with E-state index in [-0.39, 0.29) is 0 Å². The lowest BCUT2D eigenvalue weighted by Gasteiger charge is -2.24. The van der Waals surface area contributed by atoms with E-state index in [1.54, 1.807) is 12.1 Å². The van der Waals surface area contributed by atoms with E-state index in [4.69, 9.17) is 4.98 Å². The molecule has 174 valence electrons. The van der Waals surface area contributed by atoms with Crippen molar-refractivity contribution < 1.29 is 5.11 Å². The van der Waals surface area contributed by atoms with Gasteiger partial charge < -0.3 is 10.4 Å². The largest absolute Gasteiger partial charge is 0.508 e. The van der Waals surface area contributed by atoms with Gasteiger partial charge in [0.15, 0.2) is 0 Å². The van der Waals surface area contributed by atoms with Crippen molar-refractivity contribution in [3.8, 4) is 17.0 Å². The second kappa shape index (κ2) is 11.9. The number of benzene rings is 2. The average Bonchev–Trinajstić information content (AvgIpc) is 3.36. The standard InChI is InChI=1S/C28H36N4O/c1-2-32(21-24-14-16-29-19-24)20-23-7-5-8-25(18-23)27-15-17-30-28(31-27)9-4-3-6-22-10-12-26(33)13-11-22/h5,7-8,10-13,15,17-18,24,29,33H,2-4,6,9,14,16,19-21H2,1H3/t24-/m1/s1. The summed E-state index contributed by atoms with van der Waals surface area (Å²) in [5.74, 6) is 2.00. The zero-order chi connectivity index (χ0) is 22.9. The van der Waals surface area contributed by atoms with Crippen molar-refractivity contribution in [1.82, 2.24) is 20.2 Å². The smallest absolute Gasteiger partial charge is 0.128 e. The van der Waals surface area contributed by atoms with Gasteiger partial charge in [0, 0.05) is 31.3 Å². The number of aromatic nitrogens is 2. The molecular formula is C28H36N4O. The molecule has 1 fully saturated rings. The molecule has 0 spiro atoms. The summed E-state index contributed by atoms with van der Waals surface area (Å²) in [6.45, 7) is 7.78. The van der Waals surface area contributed by atoms with Crippen LogP contribution in [0, 0.1) is 5.92 Å². The second-order valence-electron chi connectivity index (χ2n) is 9.12. The van der Waals surface area contributed by atoms with Crippen LogP contribution in [0.4, 0.5) is 0 Å². The Labute approximate surface area is 197 Å². The Morgan fingerprint density at radius 1 is 1.03 bits per heavy atom. The van der Waals surface area contributed by atoms with Gasteiger partial charge in [-0.1, -0.05) is 37.3 Å². The van der Waals surface area contributed by atoms with Gasteiger partial charge in [-0.25, -0.2) is 9.97 Å². The van der Waals surface area contributed by atoms with Crippen LogP contribution in [0.3, 0.4) is 0 Å². The molecule has 1 aliphatic rings. The summed E-state index contributed by atoms with van der Waals surface area (Å²) >= 11 is 0. The van der Waals surface area contributed by atoms with Crippen molar-refractivity contribution in [2.24, 2.45) is 5.92 Å². The first-order valence-electron chi connectivity index (χ1n) is 12.3. The van der Waals surface area contributed by atoms with Crippen molar-refractivity contribution in [1.29, 1.82) is 0 Å². The molecule has 1 aliphatic heterocycles. The number of aromatic hydroxyl groups is 1. The number of nitrogens with one attached hydrogen (secondary N) is 1. The molecule has 5 heteroatoms. The zero-order valence-corrected chi connectivity index (χ0v) is 19.7. The number of hydrogen-bond donors (Lipinski definition) is 2. The normalized spacial score (nSPS) is 15.9. The molecule has 2 heterocycles. The molecule has 0 amide bonds. The molecule has 1 saturated heterocycles. The van der Waals surface area contributed by atoms with Gasteiger partial charge in [-0.2, -0.15) is 0 Å². The van der Waals surface area contributed by atoms with Gasteiger partial charge in [-0.15, -0.1) is 0 Å². The highest BCUT2D eigenvalue weighted by Crippen LogP contribution is 2.21. The topological polar surface area (TPSA) is 61.3 Å². The van der Waals surface area contributed by atoms with E-state index < -0.39 is 0 Å². The maximum absolute atomic E-state index is 9.41. The zero-order valence-electron chi connectivity index (χ0n) is 19.7. The fourth-order valence-electron chi connectivity index (χ4n) is 4.58. The molecule has 1 aromatic heterocycles.